The van der Waals surface area contributed by atoms with Crippen LogP contribution in [0.15, 0.2) is 36.0 Å². The Labute approximate surface area is 150 Å². The van der Waals surface area contributed by atoms with E-state index in [2.05, 4.69) is 14.9 Å². The summed E-state index contributed by atoms with van der Waals surface area (Å²) in [7, 11) is 3.58. The SMILES string of the molecule is C/C=C(\C=C(/C)N(C)CCOC)c1n[nH]c2ccc(OC(F)(F)F)cc12. The van der Waals surface area contributed by atoms with Crippen molar-refractivity contribution in [1.29, 1.82) is 0 Å². The van der Waals surface area contributed by atoms with Crippen molar-refractivity contribution in [2.45, 2.75) is 20.2 Å². The molecule has 0 atom stereocenters. The van der Waals surface area contributed by atoms with Gasteiger partial charge in [-0.05, 0) is 38.1 Å². The van der Waals surface area contributed by atoms with E-state index in [-0.39, 0.29) is 5.75 Å². The summed E-state index contributed by atoms with van der Waals surface area (Å²) in [6.07, 6.45) is -0.940. The molecular formula is C18H22F3N3O2. The summed E-state index contributed by atoms with van der Waals surface area (Å²) in [4.78, 5) is 2.03. The predicted octanol–water partition coefficient (Wildman–Crippen LogP) is 4.35. The van der Waals surface area contributed by atoms with Crippen LogP contribution in [-0.4, -0.2) is 48.8 Å². The van der Waals surface area contributed by atoms with Gasteiger partial charge in [-0.3, -0.25) is 5.10 Å². The Hall–Kier alpha value is -2.48. The van der Waals surface area contributed by atoms with Gasteiger partial charge in [0.25, 0.3) is 0 Å². The van der Waals surface area contributed by atoms with Crippen molar-refractivity contribution in [2.24, 2.45) is 0 Å². The quantitative estimate of drug-likeness (QED) is 0.738. The molecule has 0 saturated heterocycles. The van der Waals surface area contributed by atoms with Gasteiger partial charge in [0.1, 0.15) is 5.75 Å². The number of nitrogens with zero attached hydrogens (tertiary/aromatic N) is 2. The number of H-pyrrole nitrogens is 1. The van der Waals surface area contributed by atoms with Crippen LogP contribution < -0.4 is 4.74 Å². The van der Waals surface area contributed by atoms with Crippen molar-refractivity contribution >= 4 is 16.5 Å². The molecule has 0 aliphatic rings. The highest BCUT2D eigenvalue weighted by molar-refractivity contribution is 5.93. The number of halogens is 3. The Kier molecular flexibility index (Phi) is 6.31. The molecule has 26 heavy (non-hydrogen) atoms. The van der Waals surface area contributed by atoms with E-state index in [1.807, 2.05) is 37.9 Å². The van der Waals surface area contributed by atoms with E-state index in [4.69, 9.17) is 4.74 Å². The summed E-state index contributed by atoms with van der Waals surface area (Å²) in [5.74, 6) is -0.277. The first-order chi connectivity index (χ1) is 12.2. The maximum Gasteiger partial charge on any atom is 0.573 e. The van der Waals surface area contributed by atoms with Crippen LogP contribution in [0, 0.1) is 0 Å². The summed E-state index contributed by atoms with van der Waals surface area (Å²) in [6, 6.07) is 4.11. The molecule has 1 N–H and O–H groups in total. The monoisotopic (exact) mass is 369 g/mol. The minimum absolute atomic E-state index is 0.277. The molecule has 0 radical (unpaired) electrons. The van der Waals surface area contributed by atoms with Gasteiger partial charge in [0.05, 0.1) is 17.8 Å². The number of benzene rings is 1. The van der Waals surface area contributed by atoms with Gasteiger partial charge in [-0.25, -0.2) is 0 Å². The van der Waals surface area contributed by atoms with Crippen molar-refractivity contribution < 1.29 is 22.6 Å². The highest BCUT2D eigenvalue weighted by Gasteiger charge is 2.31. The lowest BCUT2D eigenvalue weighted by molar-refractivity contribution is -0.274. The number of allylic oxidation sites excluding steroid dienone is 4. The van der Waals surface area contributed by atoms with Gasteiger partial charge in [0, 0.05) is 37.4 Å². The van der Waals surface area contributed by atoms with E-state index in [1.54, 1.807) is 7.11 Å². The molecule has 0 saturated carbocycles. The first-order valence-corrected chi connectivity index (χ1v) is 8.04. The molecule has 5 nitrogen and oxygen atoms in total. The van der Waals surface area contributed by atoms with Crippen LogP contribution in [0.1, 0.15) is 19.5 Å². The van der Waals surface area contributed by atoms with Crippen LogP contribution in [0.3, 0.4) is 0 Å². The smallest absolute Gasteiger partial charge is 0.406 e. The van der Waals surface area contributed by atoms with Crippen molar-refractivity contribution in [3.8, 4) is 5.75 Å². The molecule has 8 heteroatoms. The number of aromatic amines is 1. The minimum Gasteiger partial charge on any atom is -0.406 e. The fourth-order valence-corrected chi connectivity index (χ4v) is 2.44. The Morgan fingerprint density at radius 2 is 2.08 bits per heavy atom. The van der Waals surface area contributed by atoms with E-state index >= 15 is 0 Å². The summed E-state index contributed by atoms with van der Waals surface area (Å²) >= 11 is 0. The lowest BCUT2D eigenvalue weighted by atomic mass is 10.1. The number of ether oxygens (including phenoxy) is 2. The van der Waals surface area contributed by atoms with Crippen LogP contribution in [0.5, 0.6) is 5.75 Å². The van der Waals surface area contributed by atoms with Gasteiger partial charge in [-0.2, -0.15) is 5.10 Å². The third kappa shape index (κ3) is 5.01. The van der Waals surface area contributed by atoms with Gasteiger partial charge >= 0.3 is 6.36 Å². The van der Waals surface area contributed by atoms with Crippen molar-refractivity contribution in [2.75, 3.05) is 27.3 Å². The van der Waals surface area contributed by atoms with Gasteiger partial charge < -0.3 is 14.4 Å². The maximum atomic E-state index is 12.5. The minimum atomic E-state index is -4.73. The average Bonchev–Trinajstić information content (AvgIpc) is 2.98. The van der Waals surface area contributed by atoms with Crippen LogP contribution in [-0.2, 0) is 4.74 Å². The molecule has 0 bridgehead atoms. The Bertz CT molecular complexity index is 810. The second-order valence-electron chi connectivity index (χ2n) is 5.77. The van der Waals surface area contributed by atoms with Gasteiger partial charge in [-0.15, -0.1) is 13.2 Å². The summed E-state index contributed by atoms with van der Waals surface area (Å²) in [5.41, 5.74) is 2.97. The van der Waals surface area contributed by atoms with E-state index in [9.17, 15) is 13.2 Å². The van der Waals surface area contributed by atoms with Crippen molar-refractivity contribution in [3.63, 3.8) is 0 Å². The van der Waals surface area contributed by atoms with E-state index in [0.29, 0.717) is 23.2 Å². The number of fused-ring (bicyclic) bond motifs is 1. The van der Waals surface area contributed by atoms with E-state index in [1.165, 1.54) is 18.2 Å². The molecule has 0 amide bonds. The van der Waals surface area contributed by atoms with Gasteiger partial charge in [0.15, 0.2) is 0 Å². The van der Waals surface area contributed by atoms with Gasteiger partial charge in [-0.1, -0.05) is 6.08 Å². The second kappa shape index (κ2) is 8.27. The predicted molar refractivity (Wildman–Crippen MR) is 94.7 cm³/mol. The molecule has 0 aliphatic heterocycles. The molecule has 1 aromatic carbocycles. The molecule has 0 aliphatic carbocycles. The van der Waals surface area contributed by atoms with E-state index in [0.717, 1.165) is 17.8 Å². The Balaban J connectivity index is 2.36. The fourth-order valence-electron chi connectivity index (χ4n) is 2.44. The highest BCUT2D eigenvalue weighted by atomic mass is 19.4. The number of aromatic nitrogens is 2. The van der Waals surface area contributed by atoms with Crippen LogP contribution in [0.25, 0.3) is 16.5 Å². The maximum absolute atomic E-state index is 12.5. The lowest BCUT2D eigenvalue weighted by Crippen LogP contribution is -2.20. The standard InChI is InChI=1S/C18H22F3N3O2/c1-5-13(10-12(2)24(3)8-9-25-4)17-15-11-14(26-18(19,20)21)6-7-16(15)22-23-17/h5-7,10-11H,8-9H2,1-4H3,(H,22,23)/b12-10+,13-5+. The van der Waals surface area contributed by atoms with Crippen molar-refractivity contribution in [1.82, 2.24) is 15.1 Å². The van der Waals surface area contributed by atoms with E-state index < -0.39 is 6.36 Å². The average molecular weight is 369 g/mol. The normalized spacial score (nSPS) is 13.3. The molecule has 1 aromatic heterocycles. The second-order valence-corrected chi connectivity index (χ2v) is 5.77. The zero-order chi connectivity index (χ0) is 19.3. The third-order valence-electron chi connectivity index (χ3n) is 3.95. The number of methoxy groups -OCH3 is 1. The number of hydrogen-bond donors (Lipinski definition) is 1. The summed E-state index contributed by atoms with van der Waals surface area (Å²) in [6.45, 7) is 5.12. The zero-order valence-corrected chi connectivity index (χ0v) is 15.1. The molecule has 2 aromatic rings. The fraction of sp³-hybridized carbons (Fsp3) is 0.389. The number of rotatable bonds is 7. The highest BCUT2D eigenvalue weighted by Crippen LogP contribution is 2.30. The first kappa shape index (κ1) is 19.8. The molecular weight excluding hydrogens is 347 g/mol. The molecule has 142 valence electrons. The lowest BCUT2D eigenvalue weighted by Gasteiger charge is -2.19. The molecule has 1 heterocycles. The molecule has 0 unspecified atom stereocenters. The topological polar surface area (TPSA) is 50.4 Å². The molecule has 0 fully saturated rings. The Morgan fingerprint density at radius 3 is 2.69 bits per heavy atom. The molecule has 0 spiro atoms. The first-order valence-electron chi connectivity index (χ1n) is 8.04. The number of hydrogen-bond acceptors (Lipinski definition) is 4. The van der Waals surface area contributed by atoms with Crippen LogP contribution in [0.4, 0.5) is 13.2 Å². The number of alkyl halides is 3. The van der Waals surface area contributed by atoms with Crippen molar-refractivity contribution in [3.05, 3.63) is 41.7 Å². The Morgan fingerprint density at radius 1 is 1.35 bits per heavy atom. The van der Waals surface area contributed by atoms with Gasteiger partial charge in [0.2, 0.25) is 0 Å². The summed E-state index contributed by atoms with van der Waals surface area (Å²) in [5, 5.41) is 7.66. The molecule has 2 rings (SSSR count). The number of likely N-dealkylation sites (N-methyl/N-ethyl adjacent to an activating group) is 1. The summed E-state index contributed by atoms with van der Waals surface area (Å²) < 4.78 is 46.5. The third-order valence-corrected chi connectivity index (χ3v) is 3.95. The van der Waals surface area contributed by atoms with Crippen LogP contribution in [0.2, 0.25) is 0 Å². The zero-order valence-electron chi connectivity index (χ0n) is 15.1. The van der Waals surface area contributed by atoms with Crippen LogP contribution >= 0.6 is 0 Å². The largest absolute Gasteiger partial charge is 0.573 e. The number of nitrogens with one attached hydrogen (secondary N) is 1.